The van der Waals surface area contributed by atoms with Gasteiger partial charge in [-0.25, -0.2) is 0 Å². The molecule has 0 bridgehead atoms. The zero-order valence-corrected chi connectivity index (χ0v) is 4.90. The second-order valence-corrected chi connectivity index (χ2v) is 0.272. The molecule has 0 spiro atoms. The number of rotatable bonds is 0. The molecule has 0 radical (unpaired) electrons. The predicted octanol–water partition coefficient (Wildman–Crippen LogP) is -4.49. The molecule has 0 aliphatic carbocycles. The van der Waals surface area contributed by atoms with Crippen LogP contribution in [0.15, 0.2) is 0 Å². The van der Waals surface area contributed by atoms with Crippen LogP contribution in [-0.4, -0.2) is 0 Å². The van der Waals surface area contributed by atoms with E-state index in [0.717, 1.165) is 0 Å². The van der Waals surface area contributed by atoms with Crippen LogP contribution in [0.2, 0.25) is 0 Å². The van der Waals surface area contributed by atoms with Crippen molar-refractivity contribution in [1.82, 2.24) is 0 Å². The summed E-state index contributed by atoms with van der Waals surface area (Å²) < 4.78 is 7.00. The summed E-state index contributed by atoms with van der Waals surface area (Å²) in [5.74, 6) is 0. The van der Waals surface area contributed by atoms with Gasteiger partial charge in [-0.3, -0.25) is 0 Å². The van der Waals surface area contributed by atoms with E-state index in [0.29, 0.717) is 0 Å². The minimum Gasteiger partial charge on any atom is -0.0772 e. The molecular weight excluding hydrogens is 192 g/mol. The van der Waals surface area contributed by atoms with Crippen molar-refractivity contribution in [2.45, 2.75) is 0 Å². The summed E-state index contributed by atoms with van der Waals surface area (Å²) in [5.41, 5.74) is 0. The molecule has 0 aliphatic heterocycles. The van der Waals surface area contributed by atoms with Crippen molar-refractivity contribution in [3.8, 4) is 0 Å². The van der Waals surface area contributed by atoms with Crippen molar-refractivity contribution in [2.24, 2.45) is 0 Å². The first-order chi connectivity index (χ1) is 5.66. The van der Waals surface area contributed by atoms with Crippen molar-refractivity contribution >= 4 is 0 Å². The lowest BCUT2D eigenvalue weighted by Crippen LogP contribution is -1.82. The Hall–Kier alpha value is -2.40. The molecule has 0 heterocycles. The smallest absolute Gasteiger partial charge is 0.0772 e. The van der Waals surface area contributed by atoms with Gasteiger partial charge in [0.2, 0.25) is 0 Å². The molecule has 12 heavy (non-hydrogen) atoms. The summed E-state index contributed by atoms with van der Waals surface area (Å²) in [6.45, 7) is 0. The molecule has 0 fully saturated rings. The van der Waals surface area contributed by atoms with Gasteiger partial charge in [-0.15, -0.1) is 0 Å². The van der Waals surface area contributed by atoms with Gasteiger partial charge in [0.05, 0.1) is 0 Å². The van der Waals surface area contributed by atoms with Crippen molar-refractivity contribution in [3.05, 3.63) is 38.8 Å². The van der Waals surface area contributed by atoms with Gasteiger partial charge in [0.1, 0.15) is 0 Å². The van der Waals surface area contributed by atoms with E-state index in [1.165, 1.54) is 0 Å². The average molecular weight is 192 g/mol. The largest absolute Gasteiger partial charge is 0.154 e. The highest BCUT2D eigenvalue weighted by Gasteiger charge is 1.28. The van der Waals surface area contributed by atoms with Crippen LogP contribution in [0.25, 0.3) is 0 Å². The van der Waals surface area contributed by atoms with Crippen molar-refractivity contribution in [2.75, 3.05) is 0 Å². The van der Waals surface area contributed by atoms with Gasteiger partial charge in [-0.2, -0.15) is 0 Å². The standard InChI is InChI=1S/4O3/c4*1-3-2. The van der Waals surface area contributed by atoms with E-state index < -0.39 is 0 Å². The Morgan fingerprint density at radius 2 is 0.500 bits per heavy atom. The third kappa shape index (κ3) is 57.5. The fourth-order valence-electron chi connectivity index (χ4n) is 0. The van der Waals surface area contributed by atoms with Gasteiger partial charge in [0.25, 0.3) is 0 Å². The Morgan fingerprint density at radius 1 is 0.500 bits per heavy atom. The normalized spacial score (nSPS) is 4.00. The van der Waals surface area contributed by atoms with E-state index in [1.807, 2.05) is 0 Å². The first kappa shape index (κ1) is 22.6. The minimum absolute atomic E-state index is 1.75. The maximum absolute atomic E-state index is 7.88. The first-order valence-corrected chi connectivity index (χ1v) is 1.33. The molecule has 12 heteroatoms. The lowest BCUT2D eigenvalue weighted by molar-refractivity contribution is -0.285. The Balaban J connectivity index is -0.0000000356. The van der Waals surface area contributed by atoms with Crippen LogP contribution in [0.5, 0.6) is 0 Å². The summed E-state index contributed by atoms with van der Waals surface area (Å²) in [6.07, 6.45) is 0. The number of hydrogen-bond acceptors (Lipinski definition) is 8. The summed E-state index contributed by atoms with van der Waals surface area (Å²) >= 11 is 0. The monoisotopic (exact) mass is 192 g/mol. The predicted molar refractivity (Wildman–Crippen MR) is 26.9 cm³/mol. The van der Waals surface area contributed by atoms with Gasteiger partial charge in [-0.1, -0.05) is 40.9 Å². The molecular formula is O12. The van der Waals surface area contributed by atoms with E-state index in [1.54, 1.807) is 19.0 Å². The summed E-state index contributed by atoms with van der Waals surface area (Å²) in [6, 6.07) is 0. The maximum Gasteiger partial charge on any atom is 0.154 e. The van der Waals surface area contributed by atoms with Crippen LogP contribution in [0.1, 0.15) is 0 Å². The maximum atomic E-state index is 7.88. The first-order valence-electron chi connectivity index (χ1n) is 1.33. The summed E-state index contributed by atoms with van der Waals surface area (Å²) in [4.78, 5) is 31.5. The van der Waals surface area contributed by atoms with Crippen molar-refractivity contribution in [3.63, 3.8) is 0 Å². The molecule has 0 rings (SSSR count). The van der Waals surface area contributed by atoms with Gasteiger partial charge >= 0.3 is 0 Å². The van der Waals surface area contributed by atoms with Crippen LogP contribution in [0.4, 0.5) is 0 Å². The quantitative estimate of drug-likeness (QED) is 0.207. The molecule has 0 aromatic carbocycles. The molecule has 0 saturated heterocycles. The third-order valence-electron chi connectivity index (χ3n) is 0. The molecule has 12 nitrogen and oxygen atoms in total. The second-order valence-electron chi connectivity index (χ2n) is 0.272. The Bertz CT molecular complexity index is 54.0. The lowest BCUT2D eigenvalue weighted by atomic mass is 14.8. The SMILES string of the molecule is O=[O+][O-].O=[O+][O-].O=[O+][O-].O=[O+][O-]. The molecule has 0 aromatic rings. The Labute approximate surface area is 61.3 Å². The van der Waals surface area contributed by atoms with E-state index in [2.05, 4.69) is 0 Å². The molecule has 72 valence electrons. The molecule has 0 unspecified atom stereocenters. The van der Waals surface area contributed by atoms with E-state index >= 15 is 0 Å². The van der Waals surface area contributed by atoms with E-state index in [-0.39, 0.29) is 0 Å². The van der Waals surface area contributed by atoms with Crippen LogP contribution in [0, 0.1) is 38.8 Å². The van der Waals surface area contributed by atoms with Gasteiger partial charge in [0, 0.05) is 0 Å². The fourth-order valence-corrected chi connectivity index (χ4v) is 0. The second kappa shape index (κ2) is 194. The molecule has 0 atom stereocenters. The zero-order valence-electron chi connectivity index (χ0n) is 4.90. The average Bonchev–Trinajstić information content (AvgIpc) is 1.92. The van der Waals surface area contributed by atoms with Gasteiger partial charge in [0.15, 0.2) is 19.0 Å². The highest BCUT2D eigenvalue weighted by Crippen LogP contribution is 1.01. The van der Waals surface area contributed by atoms with Crippen molar-refractivity contribution in [1.29, 1.82) is 0 Å². The van der Waals surface area contributed by atoms with Crippen LogP contribution < -0.4 is 21.0 Å². The van der Waals surface area contributed by atoms with Crippen molar-refractivity contribution < 1.29 is 21.0 Å². The molecule has 0 N–H and O–H groups in total. The molecule has 0 amide bonds. The van der Waals surface area contributed by atoms with Gasteiger partial charge < -0.3 is 0 Å². The van der Waals surface area contributed by atoms with Gasteiger partial charge in [-0.05, 0) is 0 Å². The topological polar surface area (TPSA) is 206 Å². The zero-order chi connectivity index (χ0) is 10.8. The lowest BCUT2D eigenvalue weighted by Gasteiger charge is -1.19. The van der Waals surface area contributed by atoms with E-state index in [9.17, 15) is 0 Å². The summed E-state index contributed by atoms with van der Waals surface area (Å²) in [5, 5.41) is 31.5. The van der Waals surface area contributed by atoms with Crippen LogP contribution >= 0.6 is 0 Å². The van der Waals surface area contributed by atoms with Crippen LogP contribution in [-0.2, 0) is 0 Å². The van der Waals surface area contributed by atoms with Crippen LogP contribution in [0.3, 0.4) is 0 Å². The van der Waals surface area contributed by atoms with E-state index in [4.69, 9.17) is 40.9 Å². The molecule has 0 aromatic heterocycles. The number of hydrogen-bond donors (Lipinski definition) is 0. The fraction of sp³-hybridized carbons (Fsp3) is 0. The molecule has 0 saturated carbocycles. The highest BCUT2D eigenvalue weighted by molar-refractivity contribution is 4.21. The Kier molecular flexibility index (Phi) is 366. The summed E-state index contributed by atoms with van der Waals surface area (Å²) in [7, 11) is 0. The minimum atomic E-state index is 1.75. The third-order valence-corrected chi connectivity index (χ3v) is 0. The Morgan fingerprint density at radius 3 is 0.500 bits per heavy atom. The molecule has 0 aliphatic rings. The highest BCUT2D eigenvalue weighted by atomic mass is 17.2.